The summed E-state index contributed by atoms with van der Waals surface area (Å²) in [6.07, 6.45) is 4.17. The van der Waals surface area contributed by atoms with Crippen LogP contribution in [0.2, 0.25) is 0 Å². The van der Waals surface area contributed by atoms with Crippen molar-refractivity contribution in [2.75, 3.05) is 20.6 Å². The Hall–Kier alpha value is -2.41. The van der Waals surface area contributed by atoms with Gasteiger partial charge in [-0.15, -0.1) is 0 Å². The van der Waals surface area contributed by atoms with Crippen LogP contribution in [0.1, 0.15) is 49.7 Å². The average Bonchev–Trinajstić information content (AvgIpc) is 3.21. The van der Waals surface area contributed by atoms with E-state index in [1.165, 1.54) is 15.4 Å². The van der Waals surface area contributed by atoms with Crippen LogP contribution >= 0.6 is 0 Å². The van der Waals surface area contributed by atoms with Gasteiger partial charge in [0.1, 0.15) is 12.1 Å². The Morgan fingerprint density at radius 3 is 2.43 bits per heavy atom. The van der Waals surface area contributed by atoms with Gasteiger partial charge in [0.2, 0.25) is 5.91 Å². The van der Waals surface area contributed by atoms with Crippen molar-refractivity contribution in [3.8, 4) is 0 Å². The topological polar surface area (TPSA) is 82.9 Å². The molecule has 0 radical (unpaired) electrons. The van der Waals surface area contributed by atoms with E-state index in [0.29, 0.717) is 25.9 Å². The van der Waals surface area contributed by atoms with E-state index in [-0.39, 0.29) is 17.8 Å². The van der Waals surface area contributed by atoms with Crippen LogP contribution in [0, 0.1) is 0 Å². The van der Waals surface area contributed by atoms with E-state index < -0.39 is 5.54 Å². The number of quaternary nitrogens is 1. The maximum Gasteiger partial charge on any atom is 0.325 e. The number of hydrogen-bond acceptors (Lipinski definition) is 3. The summed E-state index contributed by atoms with van der Waals surface area (Å²) in [5.41, 5.74) is 1.66. The minimum Gasteiger partial charge on any atom is -0.352 e. The average molecular weight is 388 g/mol. The molecule has 152 valence electrons. The highest BCUT2D eigenvalue weighted by Gasteiger charge is 2.51. The number of carbonyl (C=O) groups is 3. The maximum atomic E-state index is 12.6. The van der Waals surface area contributed by atoms with E-state index in [1.807, 2.05) is 12.1 Å². The summed E-state index contributed by atoms with van der Waals surface area (Å²) >= 11 is 0. The number of imide groups is 1. The van der Waals surface area contributed by atoms with Gasteiger partial charge >= 0.3 is 6.03 Å². The molecule has 7 heteroatoms. The molecule has 0 bridgehead atoms. The van der Waals surface area contributed by atoms with Gasteiger partial charge in [0.15, 0.2) is 0 Å². The number of hydrogen-bond donors (Lipinski definition) is 3. The van der Waals surface area contributed by atoms with Crippen LogP contribution < -0.4 is 15.5 Å². The van der Waals surface area contributed by atoms with Crippen molar-refractivity contribution in [3.63, 3.8) is 0 Å². The smallest absolute Gasteiger partial charge is 0.325 e. The second-order valence-electron chi connectivity index (χ2n) is 8.26. The molecule has 7 nitrogen and oxygen atoms in total. The normalized spacial score (nSPS) is 18.2. The first-order valence-electron chi connectivity index (χ1n) is 10.2. The molecule has 4 amide bonds. The van der Waals surface area contributed by atoms with Gasteiger partial charge < -0.3 is 15.5 Å². The molecule has 0 aromatic heterocycles. The summed E-state index contributed by atoms with van der Waals surface area (Å²) in [4.78, 5) is 39.4. The molecule has 0 unspecified atom stereocenters. The highest BCUT2D eigenvalue weighted by atomic mass is 16.2. The van der Waals surface area contributed by atoms with Crippen LogP contribution in [-0.4, -0.2) is 48.9 Å². The van der Waals surface area contributed by atoms with Crippen molar-refractivity contribution in [1.29, 1.82) is 0 Å². The molecule has 1 aliphatic carbocycles. The van der Waals surface area contributed by atoms with Gasteiger partial charge in [-0.05, 0) is 24.8 Å². The van der Waals surface area contributed by atoms with E-state index in [0.717, 1.165) is 37.8 Å². The first kappa shape index (κ1) is 20.3. The Morgan fingerprint density at radius 2 is 1.79 bits per heavy atom. The molecule has 1 aromatic rings. The molecule has 3 N–H and O–H groups in total. The number of nitrogens with one attached hydrogen (secondary N) is 3. The lowest BCUT2D eigenvalue weighted by atomic mass is 9.98. The Bertz CT molecular complexity index is 724. The van der Waals surface area contributed by atoms with Crippen molar-refractivity contribution in [2.24, 2.45) is 0 Å². The molecule has 3 rings (SSSR count). The summed E-state index contributed by atoms with van der Waals surface area (Å²) in [5.74, 6) is -0.181. The van der Waals surface area contributed by atoms with Crippen molar-refractivity contribution in [1.82, 2.24) is 15.5 Å². The molecule has 1 aliphatic heterocycles. The lowest BCUT2D eigenvalue weighted by molar-refractivity contribution is -0.872. The Labute approximate surface area is 166 Å². The zero-order valence-corrected chi connectivity index (χ0v) is 16.8. The lowest BCUT2D eigenvalue weighted by Gasteiger charge is -2.19. The summed E-state index contributed by atoms with van der Waals surface area (Å²) in [6, 6.07) is 7.93. The molecule has 2 fully saturated rings. The fourth-order valence-corrected chi connectivity index (χ4v) is 4.07. The molecule has 2 aliphatic rings. The highest BCUT2D eigenvalue weighted by Crippen LogP contribution is 2.35. The first-order valence-corrected chi connectivity index (χ1v) is 10.2. The summed E-state index contributed by atoms with van der Waals surface area (Å²) in [5, 5.41) is 5.77. The predicted molar refractivity (Wildman–Crippen MR) is 105 cm³/mol. The van der Waals surface area contributed by atoms with Gasteiger partial charge in [-0.2, -0.15) is 0 Å². The molecule has 1 heterocycles. The van der Waals surface area contributed by atoms with Crippen molar-refractivity contribution >= 4 is 17.8 Å². The van der Waals surface area contributed by atoms with E-state index in [1.54, 1.807) is 0 Å². The van der Waals surface area contributed by atoms with Crippen LogP contribution in [0.25, 0.3) is 0 Å². The minimum absolute atomic E-state index is 0.0653. The minimum atomic E-state index is -0.667. The molecule has 1 saturated carbocycles. The van der Waals surface area contributed by atoms with Gasteiger partial charge in [0, 0.05) is 25.1 Å². The molecule has 1 saturated heterocycles. The van der Waals surface area contributed by atoms with Gasteiger partial charge in [-0.25, -0.2) is 4.79 Å². The number of nitrogens with zero attached hydrogens (tertiary/aromatic N) is 1. The van der Waals surface area contributed by atoms with E-state index >= 15 is 0 Å². The Kier molecular flexibility index (Phi) is 6.34. The van der Waals surface area contributed by atoms with Crippen molar-refractivity contribution < 1.29 is 19.3 Å². The highest BCUT2D eigenvalue weighted by molar-refractivity contribution is 6.07. The second-order valence-corrected chi connectivity index (χ2v) is 8.26. The molecule has 28 heavy (non-hydrogen) atoms. The fourth-order valence-electron chi connectivity index (χ4n) is 4.07. The van der Waals surface area contributed by atoms with Crippen LogP contribution in [-0.2, 0) is 22.7 Å². The quantitative estimate of drug-likeness (QED) is 0.571. The molecule has 1 spiro atoms. The van der Waals surface area contributed by atoms with Gasteiger partial charge in [0.05, 0.1) is 14.1 Å². The van der Waals surface area contributed by atoms with Crippen LogP contribution in [0.4, 0.5) is 4.79 Å². The molecular weight excluding hydrogens is 356 g/mol. The summed E-state index contributed by atoms with van der Waals surface area (Å²) in [7, 11) is 4.22. The standard InChI is InChI=1S/C21H30N4O3/c1-24(2)15-17-9-7-16(8-10-17)14-22-18(26)6-5-13-25-19(27)21(23-20(25)28)11-3-4-12-21/h7-10H,3-6,11-15H2,1-2H3,(H,22,26)(H,23,28)/p+1. The zero-order chi connectivity index (χ0) is 20.1. The second kappa shape index (κ2) is 8.73. The number of amides is 4. The molecular formula is C21H31N4O3+. The van der Waals surface area contributed by atoms with E-state index in [4.69, 9.17) is 0 Å². The number of carbonyl (C=O) groups excluding carboxylic acids is 3. The van der Waals surface area contributed by atoms with Gasteiger partial charge in [-0.3, -0.25) is 14.5 Å². The van der Waals surface area contributed by atoms with Crippen molar-refractivity contribution in [2.45, 2.75) is 57.2 Å². The monoisotopic (exact) mass is 387 g/mol. The molecule has 1 aromatic carbocycles. The SMILES string of the molecule is C[NH+](C)Cc1ccc(CNC(=O)CCCN2C(=O)NC3(CCCC3)C2=O)cc1. The lowest BCUT2D eigenvalue weighted by Crippen LogP contribution is -3.04. The number of rotatable bonds is 8. The zero-order valence-electron chi connectivity index (χ0n) is 16.8. The largest absolute Gasteiger partial charge is 0.352 e. The van der Waals surface area contributed by atoms with E-state index in [2.05, 4.69) is 36.9 Å². The number of benzene rings is 1. The maximum absolute atomic E-state index is 12.6. The fraction of sp³-hybridized carbons (Fsp3) is 0.571. The van der Waals surface area contributed by atoms with Crippen LogP contribution in [0.3, 0.4) is 0 Å². The van der Waals surface area contributed by atoms with Crippen LogP contribution in [0.5, 0.6) is 0 Å². The summed E-state index contributed by atoms with van der Waals surface area (Å²) < 4.78 is 0. The Morgan fingerprint density at radius 1 is 1.14 bits per heavy atom. The van der Waals surface area contributed by atoms with Gasteiger partial charge in [-0.1, -0.05) is 37.1 Å². The van der Waals surface area contributed by atoms with Crippen molar-refractivity contribution in [3.05, 3.63) is 35.4 Å². The number of urea groups is 1. The third-order valence-electron chi connectivity index (χ3n) is 5.56. The third-order valence-corrected chi connectivity index (χ3v) is 5.56. The van der Waals surface area contributed by atoms with Crippen LogP contribution in [0.15, 0.2) is 24.3 Å². The first-order chi connectivity index (χ1) is 13.4. The van der Waals surface area contributed by atoms with E-state index in [9.17, 15) is 14.4 Å². The molecule has 0 atom stereocenters. The third kappa shape index (κ3) is 4.70. The summed E-state index contributed by atoms with van der Waals surface area (Å²) in [6.45, 7) is 1.75. The predicted octanol–water partition coefficient (Wildman–Crippen LogP) is 0.592. The Balaban J connectivity index is 1.39. The van der Waals surface area contributed by atoms with Gasteiger partial charge in [0.25, 0.3) is 5.91 Å².